The standard InChI is InChI=1S/C25H27ClFN5O/c1-3-10-33-19-4-5-22(26)20(13-19)21-11-17(14-31-8-6-18(27)7-9-31)12-23-24(21)29-16(2)25-30-28-15-32(23)25/h4-5,11-13,15,18H,3,6-10,14H2,1-2H3. The van der Waals surface area contributed by atoms with Crippen molar-refractivity contribution in [2.24, 2.45) is 0 Å². The lowest BCUT2D eigenvalue weighted by molar-refractivity contribution is 0.145. The highest BCUT2D eigenvalue weighted by Crippen LogP contribution is 2.37. The number of alkyl halides is 1. The molecule has 0 amide bonds. The minimum Gasteiger partial charge on any atom is -0.494 e. The fourth-order valence-electron chi connectivity index (χ4n) is 4.49. The molecule has 5 rings (SSSR count). The molecule has 1 fully saturated rings. The predicted octanol–water partition coefficient (Wildman–Crippen LogP) is 5.63. The van der Waals surface area contributed by atoms with E-state index in [9.17, 15) is 4.39 Å². The van der Waals surface area contributed by atoms with Crippen LogP contribution in [0.3, 0.4) is 0 Å². The summed E-state index contributed by atoms with van der Waals surface area (Å²) in [5.41, 5.74) is 6.22. The summed E-state index contributed by atoms with van der Waals surface area (Å²) in [6.07, 6.45) is 3.12. The summed E-state index contributed by atoms with van der Waals surface area (Å²) in [6, 6.07) is 10.0. The first kappa shape index (κ1) is 22.0. The summed E-state index contributed by atoms with van der Waals surface area (Å²) in [7, 11) is 0. The summed E-state index contributed by atoms with van der Waals surface area (Å²) in [4.78, 5) is 7.20. The number of benzene rings is 2. The lowest BCUT2D eigenvalue weighted by Gasteiger charge is -2.28. The number of fused-ring (bicyclic) bond motifs is 3. The van der Waals surface area contributed by atoms with Gasteiger partial charge in [-0.05, 0) is 62.1 Å². The highest BCUT2D eigenvalue weighted by atomic mass is 35.5. The van der Waals surface area contributed by atoms with Crippen molar-refractivity contribution in [3.05, 3.63) is 52.9 Å². The van der Waals surface area contributed by atoms with Crippen LogP contribution in [0.4, 0.5) is 4.39 Å². The normalized spacial score (nSPS) is 15.5. The Labute approximate surface area is 197 Å². The van der Waals surface area contributed by atoms with Crippen molar-refractivity contribution in [1.29, 1.82) is 0 Å². The van der Waals surface area contributed by atoms with E-state index in [0.717, 1.165) is 70.9 Å². The van der Waals surface area contributed by atoms with E-state index in [1.807, 2.05) is 29.5 Å². The number of likely N-dealkylation sites (tertiary alicyclic amines) is 1. The van der Waals surface area contributed by atoms with Crippen LogP contribution in [0, 0.1) is 6.92 Å². The molecule has 1 aliphatic heterocycles. The molecule has 2 aromatic carbocycles. The Balaban J connectivity index is 1.67. The van der Waals surface area contributed by atoms with Gasteiger partial charge in [-0.1, -0.05) is 18.5 Å². The molecule has 172 valence electrons. The SMILES string of the molecule is CCCOc1ccc(Cl)c(-c2cc(CN3CCC(F)CC3)cc3c2nc(C)c2nncn23)c1. The second-order valence-corrected chi connectivity index (χ2v) is 9.08. The molecule has 0 N–H and O–H groups in total. The van der Waals surface area contributed by atoms with Crippen molar-refractivity contribution in [1.82, 2.24) is 24.5 Å². The first-order valence-electron chi connectivity index (χ1n) is 11.5. The van der Waals surface area contributed by atoms with Crippen molar-refractivity contribution >= 4 is 28.3 Å². The van der Waals surface area contributed by atoms with Gasteiger partial charge in [0.2, 0.25) is 0 Å². The van der Waals surface area contributed by atoms with Gasteiger partial charge in [0.1, 0.15) is 18.2 Å². The van der Waals surface area contributed by atoms with Crippen LogP contribution in [-0.2, 0) is 6.54 Å². The Kier molecular flexibility index (Phi) is 6.17. The quantitative estimate of drug-likeness (QED) is 0.368. The number of rotatable bonds is 6. The van der Waals surface area contributed by atoms with E-state index in [1.54, 1.807) is 6.33 Å². The van der Waals surface area contributed by atoms with Crippen LogP contribution < -0.4 is 4.74 Å². The molecule has 6 nitrogen and oxygen atoms in total. The number of aryl methyl sites for hydroxylation is 1. The number of nitrogens with zero attached hydrogens (tertiary/aromatic N) is 5. The molecule has 1 saturated heterocycles. The van der Waals surface area contributed by atoms with E-state index in [1.165, 1.54) is 0 Å². The van der Waals surface area contributed by atoms with Crippen molar-refractivity contribution in [2.75, 3.05) is 19.7 Å². The van der Waals surface area contributed by atoms with Gasteiger partial charge in [-0.3, -0.25) is 9.30 Å². The monoisotopic (exact) mass is 467 g/mol. The third-order valence-electron chi connectivity index (χ3n) is 6.18. The number of ether oxygens (including phenoxy) is 1. The third kappa shape index (κ3) is 4.39. The molecule has 0 atom stereocenters. The van der Waals surface area contributed by atoms with Crippen molar-refractivity contribution < 1.29 is 9.13 Å². The van der Waals surface area contributed by atoms with E-state index in [0.29, 0.717) is 24.5 Å². The van der Waals surface area contributed by atoms with Gasteiger partial charge in [-0.15, -0.1) is 10.2 Å². The molecule has 0 spiro atoms. The molecular weight excluding hydrogens is 441 g/mol. The van der Waals surface area contributed by atoms with Gasteiger partial charge < -0.3 is 4.74 Å². The number of piperidine rings is 1. The van der Waals surface area contributed by atoms with Gasteiger partial charge in [0.25, 0.3) is 0 Å². The van der Waals surface area contributed by atoms with E-state index in [-0.39, 0.29) is 0 Å². The molecule has 0 unspecified atom stereocenters. The molecule has 33 heavy (non-hydrogen) atoms. The molecule has 0 radical (unpaired) electrons. The number of hydrogen-bond acceptors (Lipinski definition) is 5. The van der Waals surface area contributed by atoms with Crippen LogP contribution in [0.5, 0.6) is 5.75 Å². The number of aromatic nitrogens is 4. The van der Waals surface area contributed by atoms with Crippen LogP contribution in [0.15, 0.2) is 36.7 Å². The maximum absolute atomic E-state index is 13.7. The lowest BCUT2D eigenvalue weighted by Crippen LogP contribution is -2.33. The number of hydrogen-bond donors (Lipinski definition) is 0. The van der Waals surface area contributed by atoms with Gasteiger partial charge >= 0.3 is 0 Å². The summed E-state index contributed by atoms with van der Waals surface area (Å²) in [5.74, 6) is 0.780. The Morgan fingerprint density at radius 1 is 1.15 bits per heavy atom. The van der Waals surface area contributed by atoms with Crippen LogP contribution in [-0.4, -0.2) is 50.4 Å². The second-order valence-electron chi connectivity index (χ2n) is 8.67. The van der Waals surface area contributed by atoms with Gasteiger partial charge in [0.05, 0.1) is 23.3 Å². The summed E-state index contributed by atoms with van der Waals surface area (Å²) in [6.45, 7) is 6.90. The van der Waals surface area contributed by atoms with Gasteiger partial charge in [0.15, 0.2) is 5.65 Å². The van der Waals surface area contributed by atoms with Crippen LogP contribution >= 0.6 is 11.6 Å². The average molecular weight is 468 g/mol. The van der Waals surface area contributed by atoms with Gasteiger partial charge in [-0.25, -0.2) is 9.37 Å². The third-order valence-corrected chi connectivity index (χ3v) is 6.51. The fourth-order valence-corrected chi connectivity index (χ4v) is 4.71. The van der Waals surface area contributed by atoms with Gasteiger partial charge in [0, 0.05) is 35.8 Å². The maximum atomic E-state index is 13.7. The highest BCUT2D eigenvalue weighted by Gasteiger charge is 2.21. The first-order valence-corrected chi connectivity index (χ1v) is 11.8. The van der Waals surface area contributed by atoms with Crippen LogP contribution in [0.2, 0.25) is 5.02 Å². The molecule has 1 aliphatic rings. The highest BCUT2D eigenvalue weighted by molar-refractivity contribution is 6.33. The summed E-state index contributed by atoms with van der Waals surface area (Å²) >= 11 is 6.70. The van der Waals surface area contributed by atoms with Crippen molar-refractivity contribution in [3.8, 4) is 16.9 Å². The Morgan fingerprint density at radius 3 is 2.76 bits per heavy atom. The zero-order valence-corrected chi connectivity index (χ0v) is 19.6. The summed E-state index contributed by atoms with van der Waals surface area (Å²) < 4.78 is 21.5. The fraction of sp³-hybridized carbons (Fsp3) is 0.400. The number of halogens is 2. The van der Waals surface area contributed by atoms with Crippen LogP contribution in [0.1, 0.15) is 37.4 Å². The second kappa shape index (κ2) is 9.23. The summed E-state index contributed by atoms with van der Waals surface area (Å²) in [5, 5.41) is 8.99. The molecule has 3 heterocycles. The Morgan fingerprint density at radius 2 is 1.97 bits per heavy atom. The smallest absolute Gasteiger partial charge is 0.182 e. The molecule has 2 aromatic heterocycles. The first-order chi connectivity index (χ1) is 16.0. The molecule has 4 aromatic rings. The van der Waals surface area contributed by atoms with E-state index >= 15 is 0 Å². The van der Waals surface area contributed by atoms with E-state index < -0.39 is 6.17 Å². The van der Waals surface area contributed by atoms with Crippen molar-refractivity contribution in [3.63, 3.8) is 0 Å². The van der Waals surface area contributed by atoms with Crippen LogP contribution in [0.25, 0.3) is 27.8 Å². The molecule has 0 bridgehead atoms. The average Bonchev–Trinajstić information content (AvgIpc) is 3.31. The molecule has 0 saturated carbocycles. The largest absolute Gasteiger partial charge is 0.494 e. The zero-order chi connectivity index (χ0) is 22.9. The lowest BCUT2D eigenvalue weighted by atomic mass is 9.99. The molecule has 8 heteroatoms. The van der Waals surface area contributed by atoms with E-state index in [4.69, 9.17) is 21.3 Å². The zero-order valence-electron chi connectivity index (χ0n) is 18.9. The topological polar surface area (TPSA) is 55.5 Å². The predicted molar refractivity (Wildman–Crippen MR) is 129 cm³/mol. The van der Waals surface area contributed by atoms with E-state index in [2.05, 4.69) is 34.2 Å². The maximum Gasteiger partial charge on any atom is 0.182 e. The molecule has 0 aliphatic carbocycles. The van der Waals surface area contributed by atoms with Gasteiger partial charge in [-0.2, -0.15) is 0 Å². The van der Waals surface area contributed by atoms with Crippen molar-refractivity contribution in [2.45, 2.75) is 45.8 Å². The Hall–Kier alpha value is -2.77. The molecular formula is C25H27ClFN5O. The Bertz CT molecular complexity index is 1300. The minimum absolute atomic E-state index is 0.583. The minimum atomic E-state index is -0.693.